The highest BCUT2D eigenvalue weighted by atomic mass is 32.2. The summed E-state index contributed by atoms with van der Waals surface area (Å²) in [6.45, 7) is 3.16. The third kappa shape index (κ3) is 4.44. The summed E-state index contributed by atoms with van der Waals surface area (Å²) >= 11 is 0. The molecule has 8 heteroatoms. The van der Waals surface area contributed by atoms with Crippen LogP contribution in [0.15, 0.2) is 17.0 Å². The third-order valence-electron chi connectivity index (χ3n) is 2.78. The van der Waals surface area contributed by atoms with Gasteiger partial charge in [-0.25, -0.2) is 17.2 Å². The first-order valence-electron chi connectivity index (χ1n) is 6.36. The van der Waals surface area contributed by atoms with Gasteiger partial charge in [0.15, 0.2) is 11.6 Å². The fourth-order valence-corrected chi connectivity index (χ4v) is 2.88. The van der Waals surface area contributed by atoms with Crippen LogP contribution >= 0.6 is 0 Å². The summed E-state index contributed by atoms with van der Waals surface area (Å²) in [6.07, 6.45) is -0.0620. The van der Waals surface area contributed by atoms with Crippen molar-refractivity contribution in [3.63, 3.8) is 0 Å². The Kier molecular flexibility index (Phi) is 6.21. The molecular formula is C13H19F2NO4S. The van der Waals surface area contributed by atoms with Crippen molar-refractivity contribution in [1.29, 1.82) is 0 Å². The van der Waals surface area contributed by atoms with Crippen molar-refractivity contribution in [2.24, 2.45) is 0 Å². The Bertz CT molecular complexity index is 590. The number of benzene rings is 1. The zero-order valence-corrected chi connectivity index (χ0v) is 13.0. The van der Waals surface area contributed by atoms with Crippen LogP contribution in [0.2, 0.25) is 0 Å². The maximum atomic E-state index is 13.7. The second-order valence-electron chi connectivity index (χ2n) is 4.79. The monoisotopic (exact) mass is 323 g/mol. The molecular weight excluding hydrogens is 304 g/mol. The van der Waals surface area contributed by atoms with Gasteiger partial charge in [0.2, 0.25) is 10.0 Å². The highest BCUT2D eigenvalue weighted by molar-refractivity contribution is 7.89. The molecule has 120 valence electrons. The van der Waals surface area contributed by atoms with E-state index in [9.17, 15) is 17.2 Å². The molecule has 0 saturated heterocycles. The first-order chi connectivity index (χ1) is 9.70. The normalized spacial score (nSPS) is 12.4. The third-order valence-corrected chi connectivity index (χ3v) is 4.64. The Morgan fingerprint density at radius 1 is 1.33 bits per heavy atom. The molecule has 0 amide bonds. The number of nitrogens with zero attached hydrogens (tertiary/aromatic N) is 1. The number of hydrogen-bond donors (Lipinski definition) is 1. The summed E-state index contributed by atoms with van der Waals surface area (Å²) in [5.41, 5.74) is -0.0145. The van der Waals surface area contributed by atoms with Gasteiger partial charge in [-0.3, -0.25) is 0 Å². The maximum Gasteiger partial charge on any atom is 0.245 e. The quantitative estimate of drug-likeness (QED) is 0.826. The van der Waals surface area contributed by atoms with Crippen molar-refractivity contribution in [2.75, 3.05) is 20.2 Å². The predicted molar refractivity (Wildman–Crippen MR) is 73.2 cm³/mol. The SMILES string of the molecule is CC(C)OCCN(C)S(=O)(=O)c1cc(CO)cc(F)c1F. The Morgan fingerprint density at radius 2 is 1.95 bits per heavy atom. The van der Waals surface area contributed by atoms with E-state index in [2.05, 4.69) is 0 Å². The van der Waals surface area contributed by atoms with E-state index in [1.807, 2.05) is 0 Å². The van der Waals surface area contributed by atoms with E-state index in [1.165, 1.54) is 7.05 Å². The van der Waals surface area contributed by atoms with Gasteiger partial charge in [0.25, 0.3) is 0 Å². The zero-order valence-electron chi connectivity index (χ0n) is 12.1. The zero-order chi connectivity index (χ0) is 16.2. The Morgan fingerprint density at radius 3 is 2.48 bits per heavy atom. The van der Waals surface area contributed by atoms with Crippen LogP contribution in [-0.2, 0) is 21.4 Å². The van der Waals surface area contributed by atoms with Crippen LogP contribution in [-0.4, -0.2) is 44.1 Å². The molecule has 0 fully saturated rings. The van der Waals surface area contributed by atoms with Crippen LogP contribution in [0.3, 0.4) is 0 Å². The lowest BCUT2D eigenvalue weighted by atomic mass is 10.2. The number of aliphatic hydroxyl groups is 1. The predicted octanol–water partition coefficient (Wildman–Crippen LogP) is 1.50. The fraction of sp³-hybridized carbons (Fsp3) is 0.538. The van der Waals surface area contributed by atoms with Crippen molar-refractivity contribution >= 4 is 10.0 Å². The number of sulfonamides is 1. The van der Waals surface area contributed by atoms with Gasteiger partial charge in [-0.15, -0.1) is 0 Å². The molecule has 0 spiro atoms. The van der Waals surface area contributed by atoms with E-state index < -0.39 is 33.2 Å². The van der Waals surface area contributed by atoms with Crippen LogP contribution in [0, 0.1) is 11.6 Å². The minimum Gasteiger partial charge on any atom is -0.392 e. The van der Waals surface area contributed by atoms with Crippen molar-refractivity contribution in [3.05, 3.63) is 29.3 Å². The standard InChI is InChI=1S/C13H19F2NO4S/c1-9(2)20-5-4-16(3)21(18,19)12-7-10(8-17)6-11(14)13(12)15/h6-7,9,17H,4-5,8H2,1-3H3. The molecule has 0 radical (unpaired) electrons. The lowest BCUT2D eigenvalue weighted by Crippen LogP contribution is -2.31. The molecule has 1 N–H and O–H groups in total. The van der Waals surface area contributed by atoms with E-state index in [0.29, 0.717) is 0 Å². The van der Waals surface area contributed by atoms with Gasteiger partial charge < -0.3 is 9.84 Å². The first kappa shape index (κ1) is 18.0. The number of ether oxygens (including phenoxy) is 1. The van der Waals surface area contributed by atoms with Gasteiger partial charge in [0.1, 0.15) is 4.90 Å². The topological polar surface area (TPSA) is 66.8 Å². The molecule has 1 aromatic rings. The second-order valence-corrected chi connectivity index (χ2v) is 6.81. The Balaban J connectivity index is 3.04. The van der Waals surface area contributed by atoms with Gasteiger partial charge in [0.05, 0.1) is 19.3 Å². The van der Waals surface area contributed by atoms with Gasteiger partial charge >= 0.3 is 0 Å². The van der Waals surface area contributed by atoms with Gasteiger partial charge in [-0.2, -0.15) is 4.31 Å². The number of likely N-dealkylation sites (N-methyl/N-ethyl adjacent to an activating group) is 1. The molecule has 0 heterocycles. The van der Waals surface area contributed by atoms with E-state index in [-0.39, 0.29) is 24.8 Å². The highest BCUT2D eigenvalue weighted by Gasteiger charge is 2.27. The molecule has 0 aliphatic heterocycles. The smallest absolute Gasteiger partial charge is 0.245 e. The lowest BCUT2D eigenvalue weighted by Gasteiger charge is -2.19. The molecule has 1 rings (SSSR count). The lowest BCUT2D eigenvalue weighted by molar-refractivity contribution is 0.0737. The molecule has 0 saturated carbocycles. The molecule has 0 bridgehead atoms. The van der Waals surface area contributed by atoms with Crippen molar-refractivity contribution in [2.45, 2.75) is 31.5 Å². The minimum atomic E-state index is -4.20. The number of halogens is 2. The summed E-state index contributed by atoms with van der Waals surface area (Å²) in [4.78, 5) is -0.793. The minimum absolute atomic E-state index is 0.00489. The van der Waals surface area contributed by atoms with Crippen LogP contribution < -0.4 is 0 Å². The van der Waals surface area contributed by atoms with E-state index in [1.54, 1.807) is 13.8 Å². The molecule has 5 nitrogen and oxygen atoms in total. The average Bonchev–Trinajstić information content (AvgIpc) is 2.40. The van der Waals surface area contributed by atoms with Crippen LogP contribution in [0.4, 0.5) is 8.78 Å². The van der Waals surface area contributed by atoms with Gasteiger partial charge in [-0.1, -0.05) is 0 Å². The summed E-state index contributed by atoms with van der Waals surface area (Å²) in [7, 11) is -2.94. The highest BCUT2D eigenvalue weighted by Crippen LogP contribution is 2.22. The van der Waals surface area contributed by atoms with Crippen molar-refractivity contribution < 1.29 is 27.0 Å². The largest absolute Gasteiger partial charge is 0.392 e. The van der Waals surface area contributed by atoms with E-state index >= 15 is 0 Å². The van der Waals surface area contributed by atoms with Crippen molar-refractivity contribution in [1.82, 2.24) is 4.31 Å². The summed E-state index contributed by atoms with van der Waals surface area (Å²) < 4.78 is 57.7. The summed E-state index contributed by atoms with van der Waals surface area (Å²) in [5, 5.41) is 8.97. The number of aliphatic hydroxyl groups excluding tert-OH is 1. The molecule has 0 atom stereocenters. The Hall–Kier alpha value is -1.09. The Labute approximate surface area is 123 Å². The maximum absolute atomic E-state index is 13.7. The summed E-state index contributed by atoms with van der Waals surface area (Å²) in [5.74, 6) is -2.77. The van der Waals surface area contributed by atoms with Crippen LogP contribution in [0.1, 0.15) is 19.4 Å². The number of rotatable bonds is 7. The van der Waals surface area contributed by atoms with Crippen molar-refractivity contribution in [3.8, 4) is 0 Å². The van der Waals surface area contributed by atoms with E-state index in [4.69, 9.17) is 9.84 Å². The van der Waals surface area contributed by atoms with E-state index in [0.717, 1.165) is 16.4 Å². The molecule has 1 aromatic carbocycles. The average molecular weight is 323 g/mol. The molecule has 0 aliphatic carbocycles. The molecule has 0 aromatic heterocycles. The molecule has 21 heavy (non-hydrogen) atoms. The number of hydrogen-bond acceptors (Lipinski definition) is 4. The molecule has 0 aliphatic rings. The molecule has 0 unspecified atom stereocenters. The fourth-order valence-electron chi connectivity index (χ4n) is 1.60. The van der Waals surface area contributed by atoms with Gasteiger partial charge in [0, 0.05) is 13.6 Å². The summed E-state index contributed by atoms with van der Waals surface area (Å²) in [6, 6.07) is 1.68. The van der Waals surface area contributed by atoms with Crippen LogP contribution in [0.5, 0.6) is 0 Å². The van der Waals surface area contributed by atoms with Crippen LogP contribution in [0.25, 0.3) is 0 Å². The van der Waals surface area contributed by atoms with Gasteiger partial charge in [-0.05, 0) is 31.5 Å². The first-order valence-corrected chi connectivity index (χ1v) is 7.81. The second kappa shape index (κ2) is 7.26.